The lowest BCUT2D eigenvalue weighted by Crippen LogP contribution is -2.37. The molecule has 120 valence electrons. The SMILES string of the molecule is COc1ccc2c(c1)CCN(c1ccc(CC(C)C)cc1)C2=O. The largest absolute Gasteiger partial charge is 0.497 e. The molecule has 0 unspecified atom stereocenters. The van der Waals surface area contributed by atoms with E-state index in [9.17, 15) is 4.79 Å². The average molecular weight is 309 g/mol. The molecule has 0 aliphatic carbocycles. The molecule has 3 heteroatoms. The Kier molecular flexibility index (Phi) is 4.37. The number of hydrogen-bond acceptors (Lipinski definition) is 2. The van der Waals surface area contributed by atoms with Gasteiger partial charge in [-0.25, -0.2) is 0 Å². The second-order valence-electron chi connectivity index (χ2n) is 6.49. The average Bonchev–Trinajstić information content (AvgIpc) is 2.55. The zero-order chi connectivity index (χ0) is 16.4. The van der Waals surface area contributed by atoms with Gasteiger partial charge >= 0.3 is 0 Å². The summed E-state index contributed by atoms with van der Waals surface area (Å²) in [4.78, 5) is 14.6. The molecule has 1 amide bonds. The standard InChI is InChI=1S/C20H23NO2/c1-14(2)12-15-4-6-17(7-5-15)21-11-10-16-13-18(23-3)8-9-19(16)20(21)22/h4-9,13-14H,10-12H2,1-3H3. The topological polar surface area (TPSA) is 29.5 Å². The number of hydrogen-bond donors (Lipinski definition) is 0. The number of anilines is 1. The molecule has 0 bridgehead atoms. The van der Waals surface area contributed by atoms with Gasteiger partial charge in [0.25, 0.3) is 5.91 Å². The van der Waals surface area contributed by atoms with Gasteiger partial charge in [0.15, 0.2) is 0 Å². The van der Waals surface area contributed by atoms with Gasteiger partial charge in [-0.2, -0.15) is 0 Å². The summed E-state index contributed by atoms with van der Waals surface area (Å²) in [6, 6.07) is 14.1. The van der Waals surface area contributed by atoms with Gasteiger partial charge in [0.1, 0.15) is 5.75 Å². The lowest BCUT2D eigenvalue weighted by atomic mass is 9.97. The quantitative estimate of drug-likeness (QED) is 0.851. The Hall–Kier alpha value is -2.29. The van der Waals surface area contributed by atoms with Crippen molar-refractivity contribution in [2.75, 3.05) is 18.6 Å². The van der Waals surface area contributed by atoms with Crippen LogP contribution in [0.5, 0.6) is 5.75 Å². The highest BCUT2D eigenvalue weighted by Crippen LogP contribution is 2.27. The lowest BCUT2D eigenvalue weighted by Gasteiger charge is -2.29. The number of carbonyl (C=O) groups is 1. The van der Waals surface area contributed by atoms with E-state index in [1.807, 2.05) is 23.1 Å². The van der Waals surface area contributed by atoms with Gasteiger partial charge < -0.3 is 9.64 Å². The lowest BCUT2D eigenvalue weighted by molar-refractivity contribution is 0.0980. The van der Waals surface area contributed by atoms with Crippen LogP contribution in [0.15, 0.2) is 42.5 Å². The second-order valence-corrected chi connectivity index (χ2v) is 6.49. The Morgan fingerprint density at radius 2 is 1.87 bits per heavy atom. The maximum absolute atomic E-state index is 12.8. The van der Waals surface area contributed by atoms with Gasteiger partial charge in [0.05, 0.1) is 7.11 Å². The molecule has 0 saturated heterocycles. The summed E-state index contributed by atoms with van der Waals surface area (Å²) in [7, 11) is 1.65. The van der Waals surface area contributed by atoms with Crippen LogP contribution in [0.1, 0.15) is 35.3 Å². The van der Waals surface area contributed by atoms with E-state index in [0.29, 0.717) is 12.5 Å². The Bertz CT molecular complexity index is 704. The van der Waals surface area contributed by atoms with Crippen LogP contribution in [0, 0.1) is 5.92 Å². The van der Waals surface area contributed by atoms with Crippen molar-refractivity contribution < 1.29 is 9.53 Å². The summed E-state index contributed by atoms with van der Waals surface area (Å²) in [5.74, 6) is 1.52. The predicted molar refractivity (Wildman–Crippen MR) is 93.4 cm³/mol. The van der Waals surface area contributed by atoms with Crippen molar-refractivity contribution >= 4 is 11.6 Å². The van der Waals surface area contributed by atoms with E-state index < -0.39 is 0 Å². The minimum atomic E-state index is 0.0745. The van der Waals surface area contributed by atoms with E-state index in [1.54, 1.807) is 7.11 Å². The third-order valence-corrected chi connectivity index (χ3v) is 4.28. The summed E-state index contributed by atoms with van der Waals surface area (Å²) in [5.41, 5.74) is 4.15. The van der Waals surface area contributed by atoms with Gasteiger partial charge in [-0.15, -0.1) is 0 Å². The van der Waals surface area contributed by atoms with E-state index in [0.717, 1.165) is 35.4 Å². The first-order valence-corrected chi connectivity index (χ1v) is 8.16. The third-order valence-electron chi connectivity index (χ3n) is 4.28. The summed E-state index contributed by atoms with van der Waals surface area (Å²) in [5, 5.41) is 0. The van der Waals surface area contributed by atoms with Crippen molar-refractivity contribution in [1.29, 1.82) is 0 Å². The Morgan fingerprint density at radius 3 is 2.52 bits per heavy atom. The Morgan fingerprint density at radius 1 is 1.13 bits per heavy atom. The summed E-state index contributed by atoms with van der Waals surface area (Å²) >= 11 is 0. The molecule has 0 atom stereocenters. The zero-order valence-corrected chi connectivity index (χ0v) is 14.0. The van der Waals surface area contributed by atoms with Crippen LogP contribution < -0.4 is 9.64 Å². The number of rotatable bonds is 4. The molecule has 1 heterocycles. The van der Waals surface area contributed by atoms with E-state index in [-0.39, 0.29) is 5.91 Å². The number of carbonyl (C=O) groups excluding carboxylic acids is 1. The highest BCUT2D eigenvalue weighted by Gasteiger charge is 2.25. The third kappa shape index (κ3) is 3.24. The number of amides is 1. The van der Waals surface area contributed by atoms with Gasteiger partial charge in [0, 0.05) is 17.8 Å². The van der Waals surface area contributed by atoms with Crippen molar-refractivity contribution in [2.45, 2.75) is 26.7 Å². The number of methoxy groups -OCH3 is 1. The number of ether oxygens (including phenoxy) is 1. The van der Waals surface area contributed by atoms with Crippen molar-refractivity contribution in [1.82, 2.24) is 0 Å². The predicted octanol–water partition coefficient (Wildman–Crippen LogP) is 4.10. The Balaban J connectivity index is 1.83. The Labute approximate surface area is 137 Å². The molecule has 0 N–H and O–H groups in total. The smallest absolute Gasteiger partial charge is 0.258 e. The minimum absolute atomic E-state index is 0.0745. The monoisotopic (exact) mass is 309 g/mol. The van der Waals surface area contributed by atoms with Gasteiger partial charge in [-0.3, -0.25) is 4.79 Å². The maximum atomic E-state index is 12.8. The van der Waals surface area contributed by atoms with Gasteiger partial charge in [-0.1, -0.05) is 26.0 Å². The molecule has 23 heavy (non-hydrogen) atoms. The number of nitrogens with zero attached hydrogens (tertiary/aromatic N) is 1. The van der Waals surface area contributed by atoms with Crippen LogP contribution in [-0.4, -0.2) is 19.6 Å². The van der Waals surface area contributed by atoms with Gasteiger partial charge in [-0.05, 0) is 60.2 Å². The van der Waals surface area contributed by atoms with Crippen LogP contribution in [0.3, 0.4) is 0 Å². The van der Waals surface area contributed by atoms with E-state index in [1.165, 1.54) is 5.56 Å². The molecule has 0 spiro atoms. The minimum Gasteiger partial charge on any atom is -0.497 e. The van der Waals surface area contributed by atoms with Gasteiger partial charge in [0.2, 0.25) is 0 Å². The molecule has 0 aromatic heterocycles. The van der Waals surface area contributed by atoms with Crippen molar-refractivity contribution in [3.8, 4) is 5.75 Å². The van der Waals surface area contributed by atoms with Crippen LogP contribution in [-0.2, 0) is 12.8 Å². The highest BCUT2D eigenvalue weighted by atomic mass is 16.5. The summed E-state index contributed by atoms with van der Waals surface area (Å²) < 4.78 is 5.25. The summed E-state index contributed by atoms with van der Waals surface area (Å²) in [6.07, 6.45) is 1.92. The number of fused-ring (bicyclic) bond motifs is 1. The van der Waals surface area contributed by atoms with Crippen LogP contribution >= 0.6 is 0 Å². The molecular formula is C20H23NO2. The molecule has 0 radical (unpaired) electrons. The molecule has 3 nitrogen and oxygen atoms in total. The zero-order valence-electron chi connectivity index (χ0n) is 14.0. The first-order chi connectivity index (χ1) is 11.1. The van der Waals surface area contributed by atoms with Crippen molar-refractivity contribution in [3.05, 3.63) is 59.2 Å². The molecular weight excluding hydrogens is 286 g/mol. The normalized spacial score (nSPS) is 14.1. The van der Waals surface area contributed by atoms with E-state index in [4.69, 9.17) is 4.74 Å². The van der Waals surface area contributed by atoms with E-state index in [2.05, 4.69) is 38.1 Å². The molecule has 2 aromatic rings. The highest BCUT2D eigenvalue weighted by molar-refractivity contribution is 6.08. The number of benzene rings is 2. The molecule has 0 saturated carbocycles. The van der Waals surface area contributed by atoms with Crippen molar-refractivity contribution in [3.63, 3.8) is 0 Å². The van der Waals surface area contributed by atoms with E-state index >= 15 is 0 Å². The maximum Gasteiger partial charge on any atom is 0.258 e. The first kappa shape index (κ1) is 15.6. The fourth-order valence-corrected chi connectivity index (χ4v) is 3.12. The second kappa shape index (κ2) is 6.45. The molecule has 1 aliphatic heterocycles. The fraction of sp³-hybridized carbons (Fsp3) is 0.350. The molecule has 2 aromatic carbocycles. The molecule has 3 rings (SSSR count). The fourth-order valence-electron chi connectivity index (χ4n) is 3.12. The van der Waals surface area contributed by atoms with Crippen LogP contribution in [0.4, 0.5) is 5.69 Å². The summed E-state index contributed by atoms with van der Waals surface area (Å²) in [6.45, 7) is 5.14. The first-order valence-electron chi connectivity index (χ1n) is 8.16. The van der Waals surface area contributed by atoms with Crippen LogP contribution in [0.2, 0.25) is 0 Å². The molecule has 1 aliphatic rings. The molecule has 0 fully saturated rings. The van der Waals surface area contributed by atoms with Crippen molar-refractivity contribution in [2.24, 2.45) is 5.92 Å². The van der Waals surface area contributed by atoms with Crippen LogP contribution in [0.25, 0.3) is 0 Å².